The van der Waals surface area contributed by atoms with Crippen LogP contribution in [-0.4, -0.2) is 19.4 Å². The highest BCUT2D eigenvalue weighted by molar-refractivity contribution is 4.56. The molecule has 1 aliphatic heterocycles. The second kappa shape index (κ2) is 4.66. The molecule has 1 saturated heterocycles. The van der Waals surface area contributed by atoms with Crippen molar-refractivity contribution >= 4 is 0 Å². The first-order valence-electron chi connectivity index (χ1n) is 3.95. The van der Waals surface area contributed by atoms with Gasteiger partial charge in [-0.15, -0.1) is 0 Å². The second-order valence-corrected chi connectivity index (χ2v) is 2.50. The molecule has 1 aliphatic rings. The molecule has 0 radical (unpaired) electrons. The summed E-state index contributed by atoms with van der Waals surface area (Å²) in [5.74, 6) is 0. The minimum Gasteiger partial charge on any atom is -0.289 e. The molecule has 0 spiro atoms. The lowest BCUT2D eigenvalue weighted by atomic mass is 10.3. The second-order valence-electron chi connectivity index (χ2n) is 2.50. The van der Waals surface area contributed by atoms with Gasteiger partial charge in [0.2, 0.25) is 0 Å². The van der Waals surface area contributed by atoms with Crippen LogP contribution >= 0.6 is 0 Å². The van der Waals surface area contributed by atoms with Crippen LogP contribution in [0.1, 0.15) is 26.2 Å². The van der Waals surface area contributed by atoms with E-state index >= 15 is 0 Å². The molecule has 0 amide bonds. The molecule has 1 N–H and O–H groups in total. The van der Waals surface area contributed by atoms with Crippen LogP contribution in [-0.2, 0) is 9.78 Å². The van der Waals surface area contributed by atoms with Crippen LogP contribution in [0.15, 0.2) is 0 Å². The molecule has 1 fully saturated rings. The first-order valence-corrected chi connectivity index (χ1v) is 3.95. The smallest absolute Gasteiger partial charge is 0.146 e. The maximum absolute atomic E-state index is 4.89. The molecule has 0 aromatic rings. The van der Waals surface area contributed by atoms with Crippen LogP contribution in [0.3, 0.4) is 0 Å². The van der Waals surface area contributed by atoms with Gasteiger partial charge in [-0.05, 0) is 13.0 Å². The Bertz CT molecular complexity index is 81.7. The van der Waals surface area contributed by atoms with Gasteiger partial charge in [0, 0.05) is 6.42 Å². The Labute approximate surface area is 61.6 Å². The van der Waals surface area contributed by atoms with Gasteiger partial charge in [0.05, 0.1) is 6.61 Å². The zero-order chi connectivity index (χ0) is 7.23. The fourth-order valence-electron chi connectivity index (χ4n) is 0.909. The Balaban J connectivity index is 1.91. The predicted octanol–water partition coefficient (Wildman–Crippen LogP) is 1.05. The van der Waals surface area contributed by atoms with Crippen molar-refractivity contribution in [3.63, 3.8) is 0 Å². The fourth-order valence-corrected chi connectivity index (χ4v) is 0.909. The molecular formula is C7H15NO2. The molecule has 10 heavy (non-hydrogen) atoms. The number of nitrogens with one attached hydrogen (secondary N) is 1. The average molecular weight is 145 g/mol. The molecule has 0 saturated carbocycles. The quantitative estimate of drug-likeness (QED) is 0.474. The van der Waals surface area contributed by atoms with Gasteiger partial charge in [-0.3, -0.25) is 5.32 Å². The summed E-state index contributed by atoms with van der Waals surface area (Å²) in [7, 11) is 0. The van der Waals surface area contributed by atoms with Crippen molar-refractivity contribution < 1.29 is 9.78 Å². The van der Waals surface area contributed by atoms with Gasteiger partial charge >= 0.3 is 0 Å². The zero-order valence-corrected chi connectivity index (χ0v) is 6.43. The third-order valence-corrected chi connectivity index (χ3v) is 1.55. The van der Waals surface area contributed by atoms with Crippen molar-refractivity contribution in [2.75, 3.05) is 13.2 Å². The summed E-state index contributed by atoms with van der Waals surface area (Å²) in [6.07, 6.45) is 3.55. The van der Waals surface area contributed by atoms with Crippen molar-refractivity contribution in [1.29, 1.82) is 0 Å². The lowest BCUT2D eigenvalue weighted by molar-refractivity contribution is -0.279. The summed E-state index contributed by atoms with van der Waals surface area (Å²) >= 11 is 0. The first kappa shape index (κ1) is 7.98. The Kier molecular flexibility index (Phi) is 3.72. The summed E-state index contributed by atoms with van der Waals surface area (Å²) < 4.78 is 0. The van der Waals surface area contributed by atoms with E-state index in [1.54, 1.807) is 0 Å². The van der Waals surface area contributed by atoms with Crippen LogP contribution in [0.5, 0.6) is 0 Å². The van der Waals surface area contributed by atoms with Gasteiger partial charge in [-0.2, -0.15) is 0 Å². The highest BCUT2D eigenvalue weighted by Crippen LogP contribution is 2.04. The molecule has 0 aliphatic carbocycles. The lowest BCUT2D eigenvalue weighted by Gasteiger charge is -2.07. The van der Waals surface area contributed by atoms with Gasteiger partial charge in [-0.1, -0.05) is 13.3 Å². The molecule has 0 aromatic heterocycles. The molecule has 3 heteroatoms. The summed E-state index contributed by atoms with van der Waals surface area (Å²) in [5.41, 5.74) is 0. The first-order chi connectivity index (χ1) is 4.93. The molecule has 1 atom stereocenters. The van der Waals surface area contributed by atoms with Gasteiger partial charge in [-0.25, -0.2) is 9.78 Å². The van der Waals surface area contributed by atoms with Gasteiger partial charge in [0.25, 0.3) is 0 Å². The molecular weight excluding hydrogens is 130 g/mol. The summed E-state index contributed by atoms with van der Waals surface area (Å²) in [4.78, 5) is 9.61. The monoisotopic (exact) mass is 145 g/mol. The van der Waals surface area contributed by atoms with E-state index in [1.807, 2.05) is 0 Å². The summed E-state index contributed by atoms with van der Waals surface area (Å²) in [6.45, 7) is 3.93. The van der Waals surface area contributed by atoms with Crippen LogP contribution in [0.25, 0.3) is 0 Å². The molecule has 0 bridgehead atoms. The minimum atomic E-state index is 0.145. The zero-order valence-electron chi connectivity index (χ0n) is 6.43. The Morgan fingerprint density at radius 3 is 3.10 bits per heavy atom. The standard InChI is InChI=1S/C7H15NO2/c1-2-3-5-8-7-4-6-9-10-7/h7-8H,2-6H2,1H3. The van der Waals surface area contributed by atoms with Crippen LogP contribution < -0.4 is 5.32 Å². The molecule has 1 heterocycles. The SMILES string of the molecule is CCCCNC1CCOO1. The number of hydrogen-bond acceptors (Lipinski definition) is 3. The summed E-state index contributed by atoms with van der Waals surface area (Å²) in [5, 5.41) is 3.24. The van der Waals surface area contributed by atoms with E-state index < -0.39 is 0 Å². The van der Waals surface area contributed by atoms with E-state index in [9.17, 15) is 0 Å². The molecule has 0 aromatic carbocycles. The fraction of sp³-hybridized carbons (Fsp3) is 1.00. The minimum absolute atomic E-state index is 0.145. The predicted molar refractivity (Wildman–Crippen MR) is 38.4 cm³/mol. The maximum atomic E-state index is 4.89. The van der Waals surface area contributed by atoms with Crippen molar-refractivity contribution in [3.05, 3.63) is 0 Å². The Hall–Kier alpha value is -0.120. The van der Waals surface area contributed by atoms with Gasteiger partial charge in [0.1, 0.15) is 6.23 Å². The van der Waals surface area contributed by atoms with E-state index in [1.165, 1.54) is 12.8 Å². The van der Waals surface area contributed by atoms with Crippen molar-refractivity contribution in [2.45, 2.75) is 32.4 Å². The molecule has 1 unspecified atom stereocenters. The molecule has 60 valence electrons. The van der Waals surface area contributed by atoms with E-state index in [2.05, 4.69) is 12.2 Å². The van der Waals surface area contributed by atoms with Crippen LogP contribution in [0.4, 0.5) is 0 Å². The largest absolute Gasteiger partial charge is 0.289 e. The van der Waals surface area contributed by atoms with E-state index in [0.29, 0.717) is 0 Å². The van der Waals surface area contributed by atoms with E-state index in [-0.39, 0.29) is 6.23 Å². The average Bonchev–Trinajstić information content (AvgIpc) is 2.41. The maximum Gasteiger partial charge on any atom is 0.146 e. The topological polar surface area (TPSA) is 30.5 Å². The van der Waals surface area contributed by atoms with Crippen LogP contribution in [0.2, 0.25) is 0 Å². The van der Waals surface area contributed by atoms with Crippen molar-refractivity contribution in [2.24, 2.45) is 0 Å². The normalized spacial score (nSPS) is 25.5. The molecule has 3 nitrogen and oxygen atoms in total. The van der Waals surface area contributed by atoms with E-state index in [4.69, 9.17) is 9.78 Å². The highest BCUT2D eigenvalue weighted by Gasteiger charge is 2.14. The third kappa shape index (κ3) is 2.64. The number of unbranched alkanes of at least 4 members (excludes halogenated alkanes) is 1. The van der Waals surface area contributed by atoms with Crippen molar-refractivity contribution in [3.8, 4) is 0 Å². The number of rotatable bonds is 4. The van der Waals surface area contributed by atoms with Crippen LogP contribution in [0, 0.1) is 0 Å². The lowest BCUT2D eigenvalue weighted by Crippen LogP contribution is -2.28. The van der Waals surface area contributed by atoms with E-state index in [0.717, 1.165) is 19.6 Å². The third-order valence-electron chi connectivity index (χ3n) is 1.55. The van der Waals surface area contributed by atoms with Gasteiger partial charge < -0.3 is 0 Å². The van der Waals surface area contributed by atoms with Gasteiger partial charge in [0.15, 0.2) is 0 Å². The Morgan fingerprint density at radius 1 is 1.60 bits per heavy atom. The van der Waals surface area contributed by atoms with Crippen molar-refractivity contribution in [1.82, 2.24) is 5.32 Å². The number of hydrogen-bond donors (Lipinski definition) is 1. The highest BCUT2D eigenvalue weighted by atomic mass is 17.2. The summed E-state index contributed by atoms with van der Waals surface area (Å²) in [6, 6.07) is 0. The Morgan fingerprint density at radius 2 is 2.50 bits per heavy atom. The molecule has 1 rings (SSSR count).